The maximum Gasteiger partial charge on any atom is 0.235 e. The van der Waals surface area contributed by atoms with Crippen LogP contribution in [0.3, 0.4) is 0 Å². The number of rotatable bonds is 2. The van der Waals surface area contributed by atoms with Gasteiger partial charge in [-0.15, -0.1) is 0 Å². The van der Waals surface area contributed by atoms with Crippen molar-refractivity contribution >= 4 is 32.9 Å². The summed E-state index contributed by atoms with van der Waals surface area (Å²) in [4.78, 5) is 7.74. The van der Waals surface area contributed by atoms with Gasteiger partial charge in [-0.25, -0.2) is 4.39 Å². The van der Waals surface area contributed by atoms with Crippen LogP contribution in [0.15, 0.2) is 22.8 Å². The summed E-state index contributed by atoms with van der Waals surface area (Å²) in [6, 6.07) is 2.27. The molecular formula is C11H6BrF2N5O. The Balaban J connectivity index is 2.12. The molecule has 9 heteroatoms. The van der Waals surface area contributed by atoms with Crippen LogP contribution in [0.5, 0.6) is 11.6 Å². The van der Waals surface area contributed by atoms with Gasteiger partial charge in [-0.05, 0) is 12.1 Å². The number of H-pyrrole nitrogens is 1. The Morgan fingerprint density at radius 2 is 2.05 bits per heavy atom. The van der Waals surface area contributed by atoms with E-state index in [9.17, 15) is 8.78 Å². The van der Waals surface area contributed by atoms with Crippen molar-refractivity contribution in [3.63, 3.8) is 0 Å². The van der Waals surface area contributed by atoms with Gasteiger partial charge in [-0.2, -0.15) is 19.5 Å². The fraction of sp³-hybridized carbons (Fsp3) is 0. The highest BCUT2D eigenvalue weighted by Gasteiger charge is 2.16. The first kappa shape index (κ1) is 12.7. The third kappa shape index (κ3) is 2.16. The van der Waals surface area contributed by atoms with Gasteiger partial charge in [0.25, 0.3) is 0 Å². The van der Waals surface area contributed by atoms with Crippen molar-refractivity contribution in [1.29, 1.82) is 0 Å². The molecule has 1 aromatic carbocycles. The van der Waals surface area contributed by atoms with Crippen molar-refractivity contribution in [2.24, 2.45) is 0 Å². The first-order chi connectivity index (χ1) is 9.54. The number of nitrogens with zero attached hydrogens (tertiary/aromatic N) is 3. The van der Waals surface area contributed by atoms with E-state index < -0.39 is 11.6 Å². The second-order valence-electron chi connectivity index (χ2n) is 3.82. The summed E-state index contributed by atoms with van der Waals surface area (Å²) in [5.74, 6) is -2.58. The zero-order chi connectivity index (χ0) is 14.3. The Labute approximate surface area is 119 Å². The van der Waals surface area contributed by atoms with Gasteiger partial charge in [-0.1, -0.05) is 15.9 Å². The Morgan fingerprint density at radius 1 is 1.25 bits per heavy atom. The minimum atomic E-state index is -1.12. The third-order valence-electron chi connectivity index (χ3n) is 2.46. The molecule has 0 aliphatic rings. The van der Waals surface area contributed by atoms with Gasteiger partial charge >= 0.3 is 0 Å². The summed E-state index contributed by atoms with van der Waals surface area (Å²) < 4.78 is 32.6. The lowest BCUT2D eigenvalue weighted by Crippen LogP contribution is -1.99. The molecule has 3 rings (SSSR count). The molecule has 3 aromatic rings. The largest absolute Gasteiger partial charge is 0.435 e. The molecule has 3 N–H and O–H groups in total. The van der Waals surface area contributed by atoms with E-state index in [1.807, 2.05) is 0 Å². The van der Waals surface area contributed by atoms with E-state index in [2.05, 4.69) is 36.1 Å². The van der Waals surface area contributed by atoms with E-state index in [1.54, 1.807) is 0 Å². The predicted molar refractivity (Wildman–Crippen MR) is 70.2 cm³/mol. The molecule has 2 heterocycles. The summed E-state index contributed by atoms with van der Waals surface area (Å²) >= 11 is 3.05. The Bertz CT molecular complexity index is 807. The van der Waals surface area contributed by atoms with Crippen molar-refractivity contribution in [1.82, 2.24) is 20.2 Å². The number of hydrogen-bond acceptors (Lipinski definition) is 5. The predicted octanol–water partition coefficient (Wildman–Crippen LogP) is 2.77. The number of halogens is 3. The molecule has 0 saturated carbocycles. The molecule has 0 radical (unpaired) electrons. The smallest absolute Gasteiger partial charge is 0.235 e. The average molecular weight is 342 g/mol. The Kier molecular flexibility index (Phi) is 2.97. The molecule has 0 atom stereocenters. The van der Waals surface area contributed by atoms with Gasteiger partial charge in [0.05, 0.1) is 6.20 Å². The summed E-state index contributed by atoms with van der Waals surface area (Å²) in [5, 5.41) is 6.75. The number of benzene rings is 1. The molecule has 0 fully saturated rings. The van der Waals surface area contributed by atoms with Gasteiger partial charge in [0.15, 0.2) is 17.2 Å². The first-order valence-electron chi connectivity index (χ1n) is 5.33. The highest BCUT2D eigenvalue weighted by Crippen LogP contribution is 2.31. The monoisotopic (exact) mass is 341 g/mol. The third-order valence-corrected chi connectivity index (χ3v) is 2.92. The molecule has 20 heavy (non-hydrogen) atoms. The number of hydrogen-bond donors (Lipinski definition) is 2. The molecule has 0 saturated heterocycles. The molecule has 102 valence electrons. The fourth-order valence-corrected chi connectivity index (χ4v) is 2.02. The second kappa shape index (κ2) is 4.67. The fourth-order valence-electron chi connectivity index (χ4n) is 1.61. The van der Waals surface area contributed by atoms with Crippen LogP contribution in [0.1, 0.15) is 0 Å². The number of nitrogens with two attached hydrogens (primary N) is 1. The number of aromatic amines is 1. The van der Waals surface area contributed by atoms with Gasteiger partial charge in [-0.3, -0.25) is 5.10 Å². The number of anilines is 1. The maximum absolute atomic E-state index is 13.7. The lowest BCUT2D eigenvalue weighted by Gasteiger charge is -2.08. The normalized spacial score (nSPS) is 10.9. The van der Waals surface area contributed by atoms with E-state index >= 15 is 0 Å². The minimum Gasteiger partial charge on any atom is -0.435 e. The zero-order valence-electron chi connectivity index (χ0n) is 9.69. The summed E-state index contributed by atoms with van der Waals surface area (Å²) in [6.07, 6.45) is 1.40. The van der Waals surface area contributed by atoms with E-state index in [1.165, 1.54) is 12.3 Å². The number of ether oxygens (including phenoxy) is 1. The molecule has 0 spiro atoms. The van der Waals surface area contributed by atoms with Crippen molar-refractivity contribution in [2.45, 2.75) is 0 Å². The molecule has 0 unspecified atom stereocenters. The Morgan fingerprint density at radius 3 is 2.85 bits per heavy atom. The standard InChI is InChI=1S/C11H6BrF2N5O/c12-4-1-6(13)8(14)7(2-4)20-10-5-3-16-19-9(5)17-11(15)18-10/h1-3H,(H3,15,16,17,18,19). The van der Waals surface area contributed by atoms with Crippen molar-refractivity contribution in [2.75, 3.05) is 5.73 Å². The SMILES string of the molecule is Nc1nc(Oc2cc(Br)cc(F)c2F)c2cn[nH]c2n1. The topological polar surface area (TPSA) is 89.7 Å². The summed E-state index contributed by atoms with van der Waals surface area (Å²) in [6.45, 7) is 0. The van der Waals surface area contributed by atoms with Crippen LogP contribution in [0.25, 0.3) is 11.0 Å². The van der Waals surface area contributed by atoms with Gasteiger partial charge < -0.3 is 10.5 Å². The molecule has 6 nitrogen and oxygen atoms in total. The van der Waals surface area contributed by atoms with E-state index in [0.717, 1.165) is 6.07 Å². The summed E-state index contributed by atoms with van der Waals surface area (Å²) in [5.41, 5.74) is 5.84. The maximum atomic E-state index is 13.7. The van der Waals surface area contributed by atoms with E-state index in [0.29, 0.717) is 15.5 Å². The van der Waals surface area contributed by atoms with Crippen LogP contribution >= 0.6 is 15.9 Å². The van der Waals surface area contributed by atoms with Crippen LogP contribution in [0.4, 0.5) is 14.7 Å². The average Bonchev–Trinajstić information content (AvgIpc) is 2.83. The van der Waals surface area contributed by atoms with Crippen LogP contribution in [0.2, 0.25) is 0 Å². The lowest BCUT2D eigenvalue weighted by atomic mass is 10.3. The quantitative estimate of drug-likeness (QED) is 0.699. The number of nitrogen functional groups attached to an aromatic ring is 1. The van der Waals surface area contributed by atoms with Crippen LogP contribution in [0, 0.1) is 11.6 Å². The van der Waals surface area contributed by atoms with Crippen molar-refractivity contribution in [3.05, 3.63) is 34.4 Å². The number of fused-ring (bicyclic) bond motifs is 1. The molecule has 0 bridgehead atoms. The van der Waals surface area contributed by atoms with Crippen LogP contribution in [-0.2, 0) is 0 Å². The van der Waals surface area contributed by atoms with Gasteiger partial charge in [0, 0.05) is 4.47 Å². The zero-order valence-corrected chi connectivity index (χ0v) is 11.3. The van der Waals surface area contributed by atoms with Gasteiger partial charge in [0.1, 0.15) is 5.39 Å². The van der Waals surface area contributed by atoms with Crippen LogP contribution in [-0.4, -0.2) is 20.2 Å². The summed E-state index contributed by atoms with van der Waals surface area (Å²) in [7, 11) is 0. The van der Waals surface area contributed by atoms with Crippen molar-refractivity contribution < 1.29 is 13.5 Å². The highest BCUT2D eigenvalue weighted by atomic mass is 79.9. The lowest BCUT2D eigenvalue weighted by molar-refractivity contribution is 0.408. The van der Waals surface area contributed by atoms with Crippen molar-refractivity contribution in [3.8, 4) is 11.6 Å². The van der Waals surface area contributed by atoms with Gasteiger partial charge in [0.2, 0.25) is 17.6 Å². The van der Waals surface area contributed by atoms with E-state index in [-0.39, 0.29) is 17.6 Å². The molecular weight excluding hydrogens is 336 g/mol. The van der Waals surface area contributed by atoms with E-state index in [4.69, 9.17) is 10.5 Å². The highest BCUT2D eigenvalue weighted by molar-refractivity contribution is 9.10. The molecule has 2 aromatic heterocycles. The number of aromatic nitrogens is 4. The first-order valence-corrected chi connectivity index (χ1v) is 6.13. The Hall–Kier alpha value is -2.29. The molecule has 0 aliphatic heterocycles. The minimum absolute atomic E-state index is 0.0161. The second-order valence-corrected chi connectivity index (χ2v) is 4.74. The molecule has 0 aliphatic carbocycles. The van der Waals surface area contributed by atoms with Crippen LogP contribution < -0.4 is 10.5 Å². The molecule has 0 amide bonds. The number of nitrogens with one attached hydrogen (secondary N) is 1.